The zero-order valence-corrected chi connectivity index (χ0v) is 12.3. The molecule has 1 aromatic rings. The van der Waals surface area contributed by atoms with Gasteiger partial charge in [0.1, 0.15) is 6.04 Å². The molecule has 4 nitrogen and oxygen atoms in total. The molecule has 1 aromatic carbocycles. The van der Waals surface area contributed by atoms with Crippen molar-refractivity contribution in [2.75, 3.05) is 0 Å². The summed E-state index contributed by atoms with van der Waals surface area (Å²) >= 11 is 0. The van der Waals surface area contributed by atoms with Gasteiger partial charge in [0.2, 0.25) is 11.8 Å². The Hall–Kier alpha value is -1.68. The molecule has 1 rings (SSSR count). The van der Waals surface area contributed by atoms with E-state index in [-0.39, 0.29) is 11.8 Å². The minimum absolute atomic E-state index is 0.100. The number of carbonyl (C=O) groups excluding carboxylic acids is 2. The van der Waals surface area contributed by atoms with Crippen LogP contribution < -0.4 is 11.1 Å². The first-order valence-corrected chi connectivity index (χ1v) is 7.25. The largest absolute Gasteiger partial charge is 0.316 e. The number of nitrogens with one attached hydrogen (secondary N) is 1. The molecule has 0 unspecified atom stereocenters. The molecule has 0 bridgehead atoms. The number of nitrogens with two attached hydrogens (primary N) is 1. The van der Waals surface area contributed by atoms with Crippen LogP contribution in [0.5, 0.6) is 0 Å². The first kappa shape index (κ1) is 16.4. The summed E-state index contributed by atoms with van der Waals surface area (Å²) in [7, 11) is 0. The number of rotatable bonds is 7. The molecular weight excluding hydrogens is 252 g/mol. The fourth-order valence-corrected chi connectivity index (χ4v) is 2.22. The Bertz CT molecular complexity index is 425. The van der Waals surface area contributed by atoms with Gasteiger partial charge in [-0.2, -0.15) is 0 Å². The van der Waals surface area contributed by atoms with E-state index in [1.165, 1.54) is 0 Å². The Labute approximate surface area is 120 Å². The van der Waals surface area contributed by atoms with Crippen molar-refractivity contribution in [3.05, 3.63) is 35.9 Å². The van der Waals surface area contributed by atoms with E-state index in [1.54, 1.807) is 12.1 Å². The minimum Gasteiger partial charge on any atom is -0.316 e. The lowest BCUT2D eigenvalue weighted by Gasteiger charge is -2.17. The van der Waals surface area contributed by atoms with Crippen LogP contribution in [0.3, 0.4) is 0 Å². The van der Waals surface area contributed by atoms with Crippen LogP contribution in [-0.4, -0.2) is 11.8 Å². The van der Waals surface area contributed by atoms with Crippen LogP contribution in [0, 0.1) is 5.92 Å². The summed E-state index contributed by atoms with van der Waals surface area (Å²) in [5.74, 6) is -0.736. The van der Waals surface area contributed by atoms with Crippen molar-refractivity contribution >= 4 is 11.8 Å². The van der Waals surface area contributed by atoms with Crippen molar-refractivity contribution in [3.8, 4) is 0 Å². The van der Waals surface area contributed by atoms with Crippen molar-refractivity contribution in [1.29, 1.82) is 0 Å². The first-order chi connectivity index (χ1) is 9.60. The van der Waals surface area contributed by atoms with E-state index in [2.05, 4.69) is 5.32 Å². The first-order valence-electron chi connectivity index (χ1n) is 7.25. The van der Waals surface area contributed by atoms with E-state index in [0.29, 0.717) is 5.56 Å². The highest BCUT2D eigenvalue weighted by Crippen LogP contribution is 2.15. The van der Waals surface area contributed by atoms with Gasteiger partial charge in [0.25, 0.3) is 0 Å². The van der Waals surface area contributed by atoms with Crippen molar-refractivity contribution < 1.29 is 9.59 Å². The van der Waals surface area contributed by atoms with Crippen molar-refractivity contribution in [3.63, 3.8) is 0 Å². The molecule has 0 aliphatic carbocycles. The third-order valence-corrected chi connectivity index (χ3v) is 3.33. The van der Waals surface area contributed by atoms with Gasteiger partial charge < -0.3 is 5.73 Å². The fourth-order valence-electron chi connectivity index (χ4n) is 2.22. The van der Waals surface area contributed by atoms with E-state index in [1.807, 2.05) is 32.0 Å². The molecule has 0 spiro atoms. The summed E-state index contributed by atoms with van der Waals surface area (Å²) < 4.78 is 0. The Balaban J connectivity index is 2.62. The second kappa shape index (κ2) is 8.48. The molecule has 0 saturated heterocycles. The predicted octanol–water partition coefficient (Wildman–Crippen LogP) is 2.55. The number of benzene rings is 1. The van der Waals surface area contributed by atoms with Gasteiger partial charge in [-0.1, -0.05) is 57.0 Å². The lowest BCUT2D eigenvalue weighted by atomic mass is 9.97. The highest BCUT2D eigenvalue weighted by atomic mass is 16.2. The molecule has 110 valence electrons. The molecule has 0 radical (unpaired) electrons. The van der Waals surface area contributed by atoms with Crippen LogP contribution in [0.1, 0.15) is 51.1 Å². The highest BCUT2D eigenvalue weighted by Gasteiger charge is 2.22. The lowest BCUT2D eigenvalue weighted by molar-refractivity contribution is -0.133. The summed E-state index contributed by atoms with van der Waals surface area (Å²) in [6, 6.07) is 8.26. The maximum atomic E-state index is 12.1. The summed E-state index contributed by atoms with van der Waals surface area (Å²) in [6.07, 6.45) is 3.45. The summed E-state index contributed by atoms with van der Waals surface area (Å²) in [6.45, 7) is 4.07. The zero-order chi connectivity index (χ0) is 15.0. The van der Waals surface area contributed by atoms with Gasteiger partial charge in [-0.25, -0.2) is 0 Å². The van der Waals surface area contributed by atoms with E-state index in [4.69, 9.17) is 5.73 Å². The van der Waals surface area contributed by atoms with E-state index >= 15 is 0 Å². The van der Waals surface area contributed by atoms with Crippen LogP contribution >= 0.6 is 0 Å². The number of imide groups is 1. The smallest absolute Gasteiger partial charge is 0.248 e. The average molecular weight is 276 g/mol. The number of hydrogen-bond donors (Lipinski definition) is 2. The molecule has 0 aliphatic rings. The van der Waals surface area contributed by atoms with Crippen molar-refractivity contribution in [1.82, 2.24) is 5.32 Å². The van der Waals surface area contributed by atoms with Crippen LogP contribution in [0.25, 0.3) is 0 Å². The number of carbonyl (C=O) groups is 2. The van der Waals surface area contributed by atoms with Gasteiger partial charge in [0.05, 0.1) is 0 Å². The number of amides is 2. The standard InChI is InChI=1S/C16H24N2O2/c1-3-8-13(9-4-2)15(19)18-16(20)14(17)12-10-6-5-7-11-12/h5-7,10-11,13-14H,3-4,8-9,17H2,1-2H3,(H,18,19,20)/t14-/m0/s1. The predicted molar refractivity (Wildman–Crippen MR) is 79.8 cm³/mol. The zero-order valence-electron chi connectivity index (χ0n) is 12.3. The molecule has 0 aliphatic heterocycles. The Morgan fingerprint density at radius 3 is 2.10 bits per heavy atom. The quantitative estimate of drug-likeness (QED) is 0.804. The summed E-state index contributed by atoms with van der Waals surface area (Å²) in [5, 5.41) is 2.45. The monoisotopic (exact) mass is 276 g/mol. The van der Waals surface area contributed by atoms with Crippen LogP contribution in [0.15, 0.2) is 30.3 Å². The molecule has 3 N–H and O–H groups in total. The van der Waals surface area contributed by atoms with Crippen LogP contribution in [-0.2, 0) is 9.59 Å². The molecule has 4 heteroatoms. The minimum atomic E-state index is -0.802. The van der Waals surface area contributed by atoms with Gasteiger partial charge in [-0.3, -0.25) is 14.9 Å². The molecule has 0 heterocycles. The molecule has 0 aromatic heterocycles. The SMILES string of the molecule is CCCC(CCC)C(=O)NC(=O)[C@@H](N)c1ccccc1. The van der Waals surface area contributed by atoms with E-state index in [9.17, 15) is 9.59 Å². The van der Waals surface area contributed by atoms with E-state index in [0.717, 1.165) is 25.7 Å². The molecule has 1 atom stereocenters. The van der Waals surface area contributed by atoms with Crippen molar-refractivity contribution in [2.45, 2.75) is 45.6 Å². The van der Waals surface area contributed by atoms with Gasteiger partial charge in [-0.15, -0.1) is 0 Å². The maximum absolute atomic E-state index is 12.1. The van der Waals surface area contributed by atoms with Gasteiger partial charge >= 0.3 is 0 Å². The van der Waals surface area contributed by atoms with Crippen LogP contribution in [0.2, 0.25) is 0 Å². The molecule has 0 fully saturated rings. The summed E-state index contributed by atoms with van der Waals surface area (Å²) in [4.78, 5) is 24.1. The summed E-state index contributed by atoms with van der Waals surface area (Å²) in [5.41, 5.74) is 6.58. The lowest BCUT2D eigenvalue weighted by Crippen LogP contribution is -2.41. The van der Waals surface area contributed by atoms with Crippen LogP contribution in [0.4, 0.5) is 0 Å². The maximum Gasteiger partial charge on any atom is 0.248 e. The average Bonchev–Trinajstić information content (AvgIpc) is 2.47. The fraction of sp³-hybridized carbons (Fsp3) is 0.500. The van der Waals surface area contributed by atoms with Crippen molar-refractivity contribution in [2.24, 2.45) is 11.7 Å². The topological polar surface area (TPSA) is 72.2 Å². The number of hydrogen-bond acceptors (Lipinski definition) is 3. The van der Waals surface area contributed by atoms with Gasteiger partial charge in [0.15, 0.2) is 0 Å². The Kier molecular flexibility index (Phi) is 6.94. The van der Waals surface area contributed by atoms with Gasteiger partial charge in [-0.05, 0) is 18.4 Å². The Morgan fingerprint density at radius 2 is 1.60 bits per heavy atom. The molecular formula is C16H24N2O2. The third-order valence-electron chi connectivity index (χ3n) is 3.33. The molecule has 0 saturated carbocycles. The van der Waals surface area contributed by atoms with E-state index < -0.39 is 11.9 Å². The second-order valence-corrected chi connectivity index (χ2v) is 5.02. The molecule has 2 amide bonds. The van der Waals surface area contributed by atoms with Gasteiger partial charge in [0, 0.05) is 5.92 Å². The molecule has 20 heavy (non-hydrogen) atoms. The second-order valence-electron chi connectivity index (χ2n) is 5.02. The highest BCUT2D eigenvalue weighted by molar-refractivity contribution is 5.98. The Morgan fingerprint density at radius 1 is 1.05 bits per heavy atom. The normalized spacial score (nSPS) is 12.2. The third kappa shape index (κ3) is 4.78.